The molecule has 0 amide bonds. The van der Waals surface area contributed by atoms with E-state index in [1.54, 1.807) is 18.2 Å². The molecular weight excluding hydrogens is 350 g/mol. The van der Waals surface area contributed by atoms with Gasteiger partial charge in [0, 0.05) is 10.2 Å². The summed E-state index contributed by atoms with van der Waals surface area (Å²) in [6.45, 7) is 0. The maximum absolute atomic E-state index is 12.3. The quantitative estimate of drug-likeness (QED) is 0.850. The molecule has 2 aromatic carbocycles. The molecule has 0 saturated heterocycles. The first-order valence-electron chi connectivity index (χ1n) is 5.41. The van der Waals surface area contributed by atoms with Crippen LogP contribution in [0.25, 0.3) is 0 Å². The Morgan fingerprint density at radius 3 is 2.47 bits per heavy atom. The van der Waals surface area contributed by atoms with E-state index in [0.29, 0.717) is 11.3 Å². The first kappa shape index (κ1) is 14.4. The van der Waals surface area contributed by atoms with Crippen molar-refractivity contribution in [1.29, 1.82) is 0 Å². The standard InChI is InChI=1S/C13H11BrClNO2S/c14-11-4-2-1-3-9(11)8-19(17,18)13-6-5-10(16)7-12(13)15/h1-7H,8,16H2. The number of rotatable bonds is 3. The van der Waals surface area contributed by atoms with E-state index >= 15 is 0 Å². The highest BCUT2D eigenvalue weighted by Gasteiger charge is 2.19. The third-order valence-electron chi connectivity index (χ3n) is 2.59. The molecule has 0 unspecified atom stereocenters. The predicted molar refractivity (Wildman–Crippen MR) is 80.9 cm³/mol. The zero-order chi connectivity index (χ0) is 14.0. The lowest BCUT2D eigenvalue weighted by Gasteiger charge is -2.08. The monoisotopic (exact) mass is 359 g/mol. The number of nitrogen functional groups attached to an aromatic ring is 1. The summed E-state index contributed by atoms with van der Waals surface area (Å²) in [6, 6.07) is 11.6. The van der Waals surface area contributed by atoms with Crippen LogP contribution in [0.5, 0.6) is 0 Å². The van der Waals surface area contributed by atoms with Gasteiger partial charge in [0.05, 0.1) is 15.7 Å². The SMILES string of the molecule is Nc1ccc(S(=O)(=O)Cc2ccccc2Br)c(Cl)c1. The van der Waals surface area contributed by atoms with Crippen molar-refractivity contribution in [3.63, 3.8) is 0 Å². The molecule has 0 aliphatic carbocycles. The van der Waals surface area contributed by atoms with Gasteiger partial charge in [-0.05, 0) is 29.8 Å². The van der Waals surface area contributed by atoms with Gasteiger partial charge in [0.2, 0.25) is 0 Å². The first-order valence-corrected chi connectivity index (χ1v) is 8.23. The van der Waals surface area contributed by atoms with Crippen LogP contribution in [-0.4, -0.2) is 8.42 Å². The van der Waals surface area contributed by atoms with Gasteiger partial charge >= 0.3 is 0 Å². The highest BCUT2D eigenvalue weighted by atomic mass is 79.9. The lowest BCUT2D eigenvalue weighted by Crippen LogP contribution is -2.06. The lowest BCUT2D eigenvalue weighted by molar-refractivity contribution is 0.595. The largest absolute Gasteiger partial charge is 0.399 e. The van der Waals surface area contributed by atoms with Crippen molar-refractivity contribution >= 4 is 43.1 Å². The molecular formula is C13H11BrClNO2S. The molecule has 0 saturated carbocycles. The minimum absolute atomic E-state index is 0.0964. The van der Waals surface area contributed by atoms with E-state index in [1.807, 2.05) is 6.07 Å². The zero-order valence-electron chi connectivity index (χ0n) is 9.81. The van der Waals surface area contributed by atoms with Gasteiger partial charge in [-0.15, -0.1) is 0 Å². The predicted octanol–water partition coefficient (Wildman–Crippen LogP) is 3.66. The summed E-state index contributed by atoms with van der Waals surface area (Å²) in [5.74, 6) is -0.113. The fraction of sp³-hybridized carbons (Fsp3) is 0.0769. The molecule has 0 radical (unpaired) electrons. The van der Waals surface area contributed by atoms with Crippen molar-refractivity contribution < 1.29 is 8.42 Å². The number of hydrogen-bond acceptors (Lipinski definition) is 3. The molecule has 0 aliphatic heterocycles. The second-order valence-corrected chi connectivity index (χ2v) is 7.26. The second-order valence-electron chi connectivity index (χ2n) is 4.04. The smallest absolute Gasteiger partial charge is 0.184 e. The fourth-order valence-corrected chi connectivity index (χ4v) is 4.27. The Bertz CT molecular complexity index is 716. The molecule has 6 heteroatoms. The van der Waals surface area contributed by atoms with Gasteiger partial charge < -0.3 is 5.73 Å². The van der Waals surface area contributed by atoms with E-state index in [1.165, 1.54) is 18.2 Å². The summed E-state index contributed by atoms with van der Waals surface area (Å²) >= 11 is 9.28. The summed E-state index contributed by atoms with van der Waals surface area (Å²) in [4.78, 5) is 0.0964. The van der Waals surface area contributed by atoms with Crippen LogP contribution in [0.4, 0.5) is 5.69 Å². The van der Waals surface area contributed by atoms with Gasteiger partial charge in [0.25, 0.3) is 0 Å². The molecule has 0 atom stereocenters. The van der Waals surface area contributed by atoms with Crippen molar-refractivity contribution in [1.82, 2.24) is 0 Å². The number of nitrogens with two attached hydrogens (primary N) is 1. The molecule has 2 aromatic rings. The van der Waals surface area contributed by atoms with Gasteiger partial charge in [0.1, 0.15) is 0 Å². The van der Waals surface area contributed by atoms with E-state index in [2.05, 4.69) is 15.9 Å². The molecule has 0 fully saturated rings. The summed E-state index contributed by atoms with van der Waals surface area (Å²) in [7, 11) is -3.50. The summed E-state index contributed by atoms with van der Waals surface area (Å²) in [6.07, 6.45) is 0. The molecule has 19 heavy (non-hydrogen) atoms. The van der Waals surface area contributed by atoms with Crippen molar-refractivity contribution in [3.8, 4) is 0 Å². The van der Waals surface area contributed by atoms with Crippen molar-refractivity contribution in [2.45, 2.75) is 10.6 Å². The normalized spacial score (nSPS) is 11.5. The van der Waals surface area contributed by atoms with Gasteiger partial charge in [-0.3, -0.25) is 0 Å². The van der Waals surface area contributed by atoms with Crippen LogP contribution in [0, 0.1) is 0 Å². The Morgan fingerprint density at radius 2 is 1.84 bits per heavy atom. The zero-order valence-corrected chi connectivity index (χ0v) is 13.0. The van der Waals surface area contributed by atoms with E-state index in [0.717, 1.165) is 4.47 Å². The molecule has 3 nitrogen and oxygen atoms in total. The number of anilines is 1. The Balaban J connectivity index is 2.41. The highest BCUT2D eigenvalue weighted by Crippen LogP contribution is 2.28. The maximum Gasteiger partial charge on any atom is 0.184 e. The van der Waals surface area contributed by atoms with Gasteiger partial charge in [-0.25, -0.2) is 8.42 Å². The first-order chi connectivity index (χ1) is 8.90. The maximum atomic E-state index is 12.3. The summed E-state index contributed by atoms with van der Waals surface area (Å²) < 4.78 is 25.4. The lowest BCUT2D eigenvalue weighted by atomic mass is 10.2. The van der Waals surface area contributed by atoms with Crippen molar-refractivity contribution in [3.05, 3.63) is 57.5 Å². The van der Waals surface area contributed by atoms with Crippen LogP contribution in [0.1, 0.15) is 5.56 Å². The van der Waals surface area contributed by atoms with Crippen LogP contribution in [-0.2, 0) is 15.6 Å². The molecule has 0 aromatic heterocycles. The number of benzene rings is 2. The van der Waals surface area contributed by atoms with Crippen LogP contribution in [0.15, 0.2) is 51.8 Å². The van der Waals surface area contributed by atoms with Gasteiger partial charge in [-0.1, -0.05) is 45.7 Å². The van der Waals surface area contributed by atoms with E-state index in [-0.39, 0.29) is 15.7 Å². The van der Waals surface area contributed by atoms with Crippen molar-refractivity contribution in [2.75, 3.05) is 5.73 Å². The topological polar surface area (TPSA) is 60.2 Å². The third kappa shape index (κ3) is 3.29. The van der Waals surface area contributed by atoms with Crippen LogP contribution in [0.3, 0.4) is 0 Å². The van der Waals surface area contributed by atoms with Gasteiger partial charge in [0.15, 0.2) is 9.84 Å². The van der Waals surface area contributed by atoms with Crippen molar-refractivity contribution in [2.24, 2.45) is 0 Å². The minimum atomic E-state index is -3.50. The number of hydrogen-bond donors (Lipinski definition) is 1. The Hall–Kier alpha value is -1.04. The summed E-state index contributed by atoms with van der Waals surface area (Å²) in [5, 5.41) is 0.145. The third-order valence-corrected chi connectivity index (χ3v) is 5.51. The van der Waals surface area contributed by atoms with E-state index < -0.39 is 9.84 Å². The Labute approximate surface area is 125 Å². The molecule has 0 bridgehead atoms. The van der Waals surface area contributed by atoms with E-state index in [4.69, 9.17) is 17.3 Å². The van der Waals surface area contributed by atoms with Crippen LogP contribution < -0.4 is 5.73 Å². The second kappa shape index (κ2) is 5.53. The molecule has 0 heterocycles. The average Bonchev–Trinajstić information content (AvgIpc) is 2.31. The molecule has 0 aliphatic rings. The highest BCUT2D eigenvalue weighted by molar-refractivity contribution is 9.10. The molecule has 2 N–H and O–H groups in total. The molecule has 2 rings (SSSR count). The average molecular weight is 361 g/mol. The number of halogens is 2. The van der Waals surface area contributed by atoms with E-state index in [9.17, 15) is 8.42 Å². The molecule has 100 valence electrons. The fourth-order valence-electron chi connectivity index (χ4n) is 1.67. The van der Waals surface area contributed by atoms with Crippen LogP contribution >= 0.6 is 27.5 Å². The Kier molecular flexibility index (Phi) is 4.18. The minimum Gasteiger partial charge on any atom is -0.399 e. The van der Waals surface area contributed by atoms with Crippen LogP contribution in [0.2, 0.25) is 5.02 Å². The summed E-state index contributed by atoms with van der Waals surface area (Å²) in [5.41, 5.74) is 6.69. The molecule has 0 spiro atoms. The number of sulfone groups is 1. The Morgan fingerprint density at radius 1 is 1.16 bits per heavy atom. The van der Waals surface area contributed by atoms with Gasteiger partial charge in [-0.2, -0.15) is 0 Å².